The lowest BCUT2D eigenvalue weighted by Gasteiger charge is -2.36. The van der Waals surface area contributed by atoms with Crippen molar-refractivity contribution in [2.75, 3.05) is 42.9 Å². The highest BCUT2D eigenvalue weighted by atomic mass is 35.5. The molecule has 1 saturated heterocycles. The fourth-order valence-electron chi connectivity index (χ4n) is 3.78. The molecule has 138 valence electrons. The van der Waals surface area contributed by atoms with Crippen LogP contribution in [0.1, 0.15) is 21.5 Å². The smallest absolute Gasteiger partial charge is 0.248 e. The van der Waals surface area contributed by atoms with Crippen LogP contribution in [0, 0.1) is 0 Å². The van der Waals surface area contributed by atoms with Gasteiger partial charge in [0, 0.05) is 56.2 Å². The largest absolute Gasteiger partial charge is 0.384 e. The number of para-hydroxylation sites is 1. The third kappa shape index (κ3) is 3.79. The summed E-state index contributed by atoms with van der Waals surface area (Å²) in [5.41, 5.74) is 11.2. The van der Waals surface area contributed by atoms with Gasteiger partial charge in [-0.2, -0.15) is 0 Å². The van der Waals surface area contributed by atoms with Gasteiger partial charge >= 0.3 is 0 Å². The zero-order valence-electron chi connectivity index (χ0n) is 14.8. The monoisotopic (exact) mass is 372 g/mol. The van der Waals surface area contributed by atoms with E-state index in [1.165, 1.54) is 16.8 Å². The first-order valence-electron chi connectivity index (χ1n) is 8.92. The molecule has 26 heavy (non-hydrogen) atoms. The average Bonchev–Trinajstić information content (AvgIpc) is 3.12. The van der Waals surface area contributed by atoms with Gasteiger partial charge in [0.15, 0.2) is 0 Å². The molecule has 0 bridgehead atoms. The van der Waals surface area contributed by atoms with Crippen LogP contribution in [0.3, 0.4) is 0 Å². The Morgan fingerprint density at radius 3 is 2.46 bits per heavy atom. The van der Waals surface area contributed by atoms with Crippen LogP contribution >= 0.6 is 12.4 Å². The maximum atomic E-state index is 11.2. The molecule has 6 heteroatoms. The zero-order chi connectivity index (χ0) is 17.2. The first-order chi connectivity index (χ1) is 12.2. The van der Waals surface area contributed by atoms with Crippen molar-refractivity contribution in [3.05, 3.63) is 59.2 Å². The average molecular weight is 373 g/mol. The Labute approximate surface area is 160 Å². The number of amides is 1. The fraction of sp³-hybridized carbons (Fsp3) is 0.350. The predicted molar refractivity (Wildman–Crippen MR) is 108 cm³/mol. The molecule has 5 nitrogen and oxygen atoms in total. The molecular formula is C20H25ClN4O. The van der Waals surface area contributed by atoms with Crippen LogP contribution in [-0.4, -0.2) is 43.5 Å². The number of halogens is 1. The molecule has 0 saturated carbocycles. The lowest BCUT2D eigenvalue weighted by molar-refractivity contribution is 0.100. The van der Waals surface area contributed by atoms with Gasteiger partial charge in [0.1, 0.15) is 0 Å². The Bertz CT molecular complexity index is 770. The number of anilines is 2. The second kappa shape index (κ2) is 7.98. The summed E-state index contributed by atoms with van der Waals surface area (Å²) in [6.07, 6.45) is 1.14. The van der Waals surface area contributed by atoms with E-state index < -0.39 is 0 Å². The second-order valence-electron chi connectivity index (χ2n) is 6.80. The van der Waals surface area contributed by atoms with Gasteiger partial charge in [-0.05, 0) is 41.8 Å². The molecule has 2 aromatic rings. The maximum Gasteiger partial charge on any atom is 0.248 e. The van der Waals surface area contributed by atoms with E-state index in [4.69, 9.17) is 5.73 Å². The van der Waals surface area contributed by atoms with Crippen molar-refractivity contribution < 1.29 is 4.79 Å². The predicted octanol–water partition coefficient (Wildman–Crippen LogP) is 2.50. The summed E-state index contributed by atoms with van der Waals surface area (Å²) in [5, 5.41) is 3.53. The number of carbonyl (C=O) groups excluding carboxylic acids is 1. The maximum absolute atomic E-state index is 11.2. The summed E-state index contributed by atoms with van der Waals surface area (Å²) in [5.74, 6) is -0.375. The molecule has 0 spiro atoms. The van der Waals surface area contributed by atoms with Gasteiger partial charge < -0.3 is 16.0 Å². The molecule has 0 radical (unpaired) electrons. The van der Waals surface area contributed by atoms with Crippen molar-refractivity contribution >= 4 is 29.7 Å². The third-order valence-corrected chi connectivity index (χ3v) is 5.22. The van der Waals surface area contributed by atoms with E-state index in [-0.39, 0.29) is 18.3 Å². The first kappa shape index (κ1) is 18.5. The summed E-state index contributed by atoms with van der Waals surface area (Å²) < 4.78 is 0. The number of carbonyl (C=O) groups is 1. The number of benzene rings is 2. The van der Waals surface area contributed by atoms with Crippen LogP contribution in [0.2, 0.25) is 0 Å². The fourth-order valence-corrected chi connectivity index (χ4v) is 3.78. The van der Waals surface area contributed by atoms with Crippen molar-refractivity contribution in [1.82, 2.24) is 4.90 Å². The van der Waals surface area contributed by atoms with Crippen LogP contribution in [-0.2, 0) is 13.0 Å². The summed E-state index contributed by atoms with van der Waals surface area (Å²) in [7, 11) is 0. The number of piperazine rings is 1. The molecular weight excluding hydrogens is 348 g/mol. The SMILES string of the molecule is Cl.NC(=O)c1ccc(N2CCN(Cc3cccc4c3NCC4)CC2)cc1. The highest BCUT2D eigenvalue weighted by Gasteiger charge is 2.20. The Hall–Kier alpha value is -2.24. The normalized spacial score (nSPS) is 16.5. The van der Waals surface area contributed by atoms with E-state index in [0.717, 1.165) is 51.4 Å². The summed E-state index contributed by atoms with van der Waals surface area (Å²) in [4.78, 5) is 16.1. The van der Waals surface area contributed by atoms with Crippen LogP contribution in [0.5, 0.6) is 0 Å². The zero-order valence-corrected chi connectivity index (χ0v) is 15.6. The van der Waals surface area contributed by atoms with Crippen molar-refractivity contribution in [1.29, 1.82) is 0 Å². The van der Waals surface area contributed by atoms with Crippen LogP contribution in [0.25, 0.3) is 0 Å². The molecule has 3 N–H and O–H groups in total. The van der Waals surface area contributed by atoms with E-state index >= 15 is 0 Å². The van der Waals surface area contributed by atoms with Crippen molar-refractivity contribution in [3.63, 3.8) is 0 Å². The van der Waals surface area contributed by atoms with Crippen LogP contribution in [0.15, 0.2) is 42.5 Å². The number of nitrogens with two attached hydrogens (primary N) is 1. The minimum absolute atomic E-state index is 0. The molecule has 1 amide bonds. The van der Waals surface area contributed by atoms with Gasteiger partial charge in [-0.15, -0.1) is 12.4 Å². The molecule has 1 fully saturated rings. The molecule has 0 unspecified atom stereocenters. The van der Waals surface area contributed by atoms with Crippen molar-refractivity contribution in [2.45, 2.75) is 13.0 Å². The molecule has 0 atom stereocenters. The third-order valence-electron chi connectivity index (χ3n) is 5.22. The Balaban J connectivity index is 0.00000196. The van der Waals surface area contributed by atoms with Gasteiger partial charge in [0.25, 0.3) is 0 Å². The van der Waals surface area contributed by atoms with E-state index in [2.05, 4.69) is 33.3 Å². The van der Waals surface area contributed by atoms with Gasteiger partial charge in [-0.1, -0.05) is 18.2 Å². The molecule has 4 rings (SSSR count). The highest BCUT2D eigenvalue weighted by molar-refractivity contribution is 5.93. The Morgan fingerprint density at radius 2 is 1.77 bits per heavy atom. The van der Waals surface area contributed by atoms with Gasteiger partial charge in [0.2, 0.25) is 5.91 Å². The standard InChI is InChI=1S/C20H24N4O.ClH/c21-20(25)16-4-6-18(7-5-16)24-12-10-23(11-13-24)14-17-3-1-2-15-8-9-22-19(15)17;/h1-7,22H,8-14H2,(H2,21,25);1H. The minimum Gasteiger partial charge on any atom is -0.384 e. The second-order valence-corrected chi connectivity index (χ2v) is 6.80. The Kier molecular flexibility index (Phi) is 5.69. The van der Waals surface area contributed by atoms with Crippen LogP contribution < -0.4 is 16.0 Å². The summed E-state index contributed by atoms with van der Waals surface area (Å²) in [6.45, 7) is 6.14. The van der Waals surface area contributed by atoms with Crippen LogP contribution in [0.4, 0.5) is 11.4 Å². The molecule has 0 aliphatic carbocycles. The van der Waals surface area contributed by atoms with Crippen molar-refractivity contribution in [2.24, 2.45) is 5.73 Å². The summed E-state index contributed by atoms with van der Waals surface area (Å²) >= 11 is 0. The van der Waals surface area contributed by atoms with Gasteiger partial charge in [-0.25, -0.2) is 0 Å². The summed E-state index contributed by atoms with van der Waals surface area (Å²) in [6, 6.07) is 14.2. The quantitative estimate of drug-likeness (QED) is 0.865. The first-order valence-corrected chi connectivity index (χ1v) is 8.92. The van der Waals surface area contributed by atoms with E-state index in [1.807, 2.05) is 24.3 Å². The Morgan fingerprint density at radius 1 is 1.04 bits per heavy atom. The number of fused-ring (bicyclic) bond motifs is 1. The lowest BCUT2D eigenvalue weighted by Crippen LogP contribution is -2.46. The number of hydrogen-bond donors (Lipinski definition) is 2. The molecule has 2 heterocycles. The van der Waals surface area contributed by atoms with E-state index in [9.17, 15) is 4.79 Å². The number of nitrogens with zero attached hydrogens (tertiary/aromatic N) is 2. The molecule has 0 aromatic heterocycles. The molecule has 2 aliphatic heterocycles. The van der Waals surface area contributed by atoms with E-state index in [1.54, 1.807) is 0 Å². The highest BCUT2D eigenvalue weighted by Crippen LogP contribution is 2.28. The number of rotatable bonds is 4. The van der Waals surface area contributed by atoms with Crippen molar-refractivity contribution in [3.8, 4) is 0 Å². The number of hydrogen-bond acceptors (Lipinski definition) is 4. The van der Waals surface area contributed by atoms with Gasteiger partial charge in [-0.3, -0.25) is 9.69 Å². The topological polar surface area (TPSA) is 61.6 Å². The molecule has 2 aromatic carbocycles. The lowest BCUT2D eigenvalue weighted by atomic mass is 10.1. The number of nitrogens with one attached hydrogen (secondary N) is 1. The van der Waals surface area contributed by atoms with Gasteiger partial charge in [0.05, 0.1) is 0 Å². The van der Waals surface area contributed by atoms with E-state index in [0.29, 0.717) is 5.56 Å². The molecule has 2 aliphatic rings. The number of primary amides is 1. The minimum atomic E-state index is -0.375.